The summed E-state index contributed by atoms with van der Waals surface area (Å²) in [6.07, 6.45) is 0. The summed E-state index contributed by atoms with van der Waals surface area (Å²) in [4.78, 5) is 37.3. The summed E-state index contributed by atoms with van der Waals surface area (Å²) < 4.78 is 0. The Morgan fingerprint density at radius 1 is 0.970 bits per heavy atom. The van der Waals surface area contributed by atoms with Crippen LogP contribution in [0.2, 0.25) is 0 Å². The van der Waals surface area contributed by atoms with E-state index < -0.39 is 24.3 Å². The molecule has 0 radical (unpaired) electrons. The van der Waals surface area contributed by atoms with Crippen molar-refractivity contribution >= 4 is 23.3 Å². The van der Waals surface area contributed by atoms with Gasteiger partial charge in [0.1, 0.15) is 12.6 Å². The Hall–Kier alpha value is -3.95. The van der Waals surface area contributed by atoms with Gasteiger partial charge in [0.05, 0.1) is 6.54 Å². The first kappa shape index (κ1) is 25.3. The van der Waals surface area contributed by atoms with Gasteiger partial charge < -0.3 is 26.4 Å². The van der Waals surface area contributed by atoms with Gasteiger partial charge in [0.15, 0.2) is 5.78 Å². The average Bonchev–Trinajstić information content (AvgIpc) is 2.80. The summed E-state index contributed by atoms with van der Waals surface area (Å²) in [5.41, 5.74) is 7.92. The number of hydrogen-bond donors (Lipinski definition) is 4. The fraction of sp³-hybridized carbons (Fsp3) is 0.240. The van der Waals surface area contributed by atoms with Crippen molar-refractivity contribution in [2.24, 2.45) is 5.73 Å². The number of hydrogen-bond acceptors (Lipinski definition) is 6. The van der Waals surface area contributed by atoms with Crippen LogP contribution in [0.4, 0.5) is 5.69 Å². The zero-order chi connectivity index (χ0) is 24.2. The maximum Gasteiger partial charge on any atom is 0.251 e. The number of amides is 2. The number of ketones is 1. The SMILES string of the molecule is CN(C)CC(=O)Nc1ccc(C#CC#Cc2ccc(C(=O)N[C@@H](CN)C(=O)CO)cc2)cc1. The van der Waals surface area contributed by atoms with Crippen LogP contribution >= 0.6 is 0 Å². The number of nitrogens with one attached hydrogen (secondary N) is 2. The van der Waals surface area contributed by atoms with Crippen LogP contribution in [0.5, 0.6) is 0 Å². The number of likely N-dealkylation sites (N-methyl/N-ethyl adjacent to an activating group) is 1. The number of nitrogens with two attached hydrogens (primary N) is 1. The smallest absolute Gasteiger partial charge is 0.251 e. The number of Topliss-reactive ketones (excluding diaryl/α,β-unsaturated/α-hetero) is 1. The Balaban J connectivity index is 1.94. The van der Waals surface area contributed by atoms with Crippen LogP contribution in [0, 0.1) is 23.7 Å². The lowest BCUT2D eigenvalue weighted by molar-refractivity contribution is -0.123. The average molecular weight is 447 g/mol. The van der Waals surface area contributed by atoms with Gasteiger partial charge in [-0.1, -0.05) is 11.8 Å². The Kier molecular flexibility index (Phi) is 9.81. The summed E-state index contributed by atoms with van der Waals surface area (Å²) in [5.74, 6) is 10.2. The van der Waals surface area contributed by atoms with Crippen LogP contribution in [-0.4, -0.2) is 67.4 Å². The van der Waals surface area contributed by atoms with E-state index in [1.165, 1.54) is 0 Å². The number of carbonyl (C=O) groups is 3. The monoisotopic (exact) mass is 446 g/mol. The lowest BCUT2D eigenvalue weighted by atomic mass is 10.1. The fourth-order valence-electron chi connectivity index (χ4n) is 2.66. The second-order valence-electron chi connectivity index (χ2n) is 7.33. The molecule has 8 nitrogen and oxygen atoms in total. The second-order valence-corrected chi connectivity index (χ2v) is 7.33. The first-order valence-electron chi connectivity index (χ1n) is 10.1. The van der Waals surface area contributed by atoms with Crippen molar-refractivity contribution in [1.29, 1.82) is 0 Å². The molecule has 2 amide bonds. The molecule has 5 N–H and O–H groups in total. The Morgan fingerprint density at radius 3 is 2.00 bits per heavy atom. The van der Waals surface area contributed by atoms with Crippen molar-refractivity contribution < 1.29 is 19.5 Å². The molecule has 33 heavy (non-hydrogen) atoms. The van der Waals surface area contributed by atoms with Crippen molar-refractivity contribution in [3.63, 3.8) is 0 Å². The normalized spacial score (nSPS) is 10.8. The van der Waals surface area contributed by atoms with Crippen molar-refractivity contribution in [3.8, 4) is 23.7 Å². The molecule has 0 unspecified atom stereocenters. The number of rotatable bonds is 8. The van der Waals surface area contributed by atoms with Gasteiger partial charge in [0, 0.05) is 28.9 Å². The molecule has 0 saturated heterocycles. The highest BCUT2D eigenvalue weighted by Gasteiger charge is 2.18. The minimum Gasteiger partial charge on any atom is -0.388 e. The summed E-state index contributed by atoms with van der Waals surface area (Å²) in [5, 5.41) is 14.2. The molecular weight excluding hydrogens is 420 g/mol. The molecule has 0 aromatic heterocycles. The van der Waals surface area contributed by atoms with E-state index >= 15 is 0 Å². The quantitative estimate of drug-likeness (QED) is 0.430. The predicted octanol–water partition coefficient (Wildman–Crippen LogP) is 0.208. The molecule has 170 valence electrons. The van der Waals surface area contributed by atoms with Gasteiger partial charge in [0.25, 0.3) is 5.91 Å². The largest absolute Gasteiger partial charge is 0.388 e. The number of carbonyl (C=O) groups excluding carboxylic acids is 3. The van der Waals surface area contributed by atoms with Gasteiger partial charge in [-0.2, -0.15) is 0 Å². The van der Waals surface area contributed by atoms with Crippen LogP contribution in [0.1, 0.15) is 21.5 Å². The molecule has 0 aliphatic heterocycles. The number of anilines is 1. The molecule has 2 aromatic rings. The Bertz CT molecular complexity index is 1100. The minimum absolute atomic E-state index is 0.0916. The van der Waals surface area contributed by atoms with Crippen molar-refractivity contribution in [1.82, 2.24) is 10.2 Å². The third kappa shape index (κ3) is 8.60. The first-order valence-corrected chi connectivity index (χ1v) is 10.1. The topological polar surface area (TPSA) is 125 Å². The second kappa shape index (κ2) is 12.8. The molecule has 2 aromatic carbocycles. The van der Waals surface area contributed by atoms with Crippen molar-refractivity contribution in [2.75, 3.05) is 39.1 Å². The van der Waals surface area contributed by atoms with Gasteiger partial charge >= 0.3 is 0 Å². The maximum atomic E-state index is 12.2. The summed E-state index contributed by atoms with van der Waals surface area (Å²) >= 11 is 0. The Morgan fingerprint density at radius 2 is 1.52 bits per heavy atom. The molecule has 0 spiro atoms. The van der Waals surface area contributed by atoms with E-state index in [0.29, 0.717) is 23.4 Å². The molecule has 0 aliphatic rings. The van der Waals surface area contributed by atoms with Crippen molar-refractivity contribution in [2.45, 2.75) is 6.04 Å². The first-order chi connectivity index (χ1) is 15.8. The predicted molar refractivity (Wildman–Crippen MR) is 126 cm³/mol. The molecule has 8 heteroatoms. The highest BCUT2D eigenvalue weighted by atomic mass is 16.3. The standard InChI is InChI=1S/C25H26N4O4/c1-29(2)16-24(32)27-21-13-9-19(10-14-21)6-4-3-5-18-7-11-20(12-8-18)25(33)28-22(15-26)23(31)17-30/h7-14,22,30H,15-17,26H2,1-2H3,(H,27,32)(H,28,33)/t22-/m0/s1. The third-order valence-corrected chi connectivity index (χ3v) is 4.34. The van der Waals surface area contributed by atoms with E-state index in [1.54, 1.807) is 53.4 Å². The molecule has 0 saturated carbocycles. The van der Waals surface area contributed by atoms with Gasteiger partial charge in [-0.05, 0) is 74.5 Å². The van der Waals surface area contributed by atoms with Gasteiger partial charge in [-0.15, -0.1) is 0 Å². The molecular formula is C25H26N4O4. The number of aliphatic hydroxyl groups excluding tert-OH is 1. The molecule has 2 rings (SSSR count). The fourth-order valence-corrected chi connectivity index (χ4v) is 2.66. The van der Waals surface area contributed by atoms with E-state index in [0.717, 1.165) is 5.56 Å². The van der Waals surface area contributed by atoms with Crippen LogP contribution in [0.25, 0.3) is 0 Å². The third-order valence-electron chi connectivity index (χ3n) is 4.34. The molecule has 0 heterocycles. The van der Waals surface area contributed by atoms with Crippen LogP contribution in [0.3, 0.4) is 0 Å². The molecule has 0 fully saturated rings. The lowest BCUT2D eigenvalue weighted by Crippen LogP contribution is -2.46. The van der Waals surface area contributed by atoms with E-state index in [1.807, 2.05) is 14.1 Å². The summed E-state index contributed by atoms with van der Waals surface area (Å²) in [6, 6.07) is 12.7. The number of aliphatic hydroxyl groups is 1. The van der Waals surface area contributed by atoms with E-state index in [2.05, 4.69) is 34.3 Å². The van der Waals surface area contributed by atoms with Gasteiger partial charge in [0.2, 0.25) is 5.91 Å². The minimum atomic E-state index is -0.930. The van der Waals surface area contributed by atoms with Crippen LogP contribution in [0.15, 0.2) is 48.5 Å². The summed E-state index contributed by atoms with van der Waals surface area (Å²) in [7, 11) is 3.65. The van der Waals surface area contributed by atoms with Crippen LogP contribution in [-0.2, 0) is 9.59 Å². The van der Waals surface area contributed by atoms with E-state index in [4.69, 9.17) is 10.8 Å². The Labute approximate surface area is 193 Å². The van der Waals surface area contributed by atoms with Gasteiger partial charge in [-0.3, -0.25) is 14.4 Å². The molecule has 1 atom stereocenters. The maximum absolute atomic E-state index is 12.2. The highest BCUT2D eigenvalue weighted by Crippen LogP contribution is 2.09. The van der Waals surface area contributed by atoms with Crippen LogP contribution < -0.4 is 16.4 Å². The lowest BCUT2D eigenvalue weighted by Gasteiger charge is -2.14. The van der Waals surface area contributed by atoms with Crippen molar-refractivity contribution in [3.05, 3.63) is 65.2 Å². The van der Waals surface area contributed by atoms with E-state index in [9.17, 15) is 14.4 Å². The summed E-state index contributed by atoms with van der Waals surface area (Å²) in [6.45, 7) is -0.475. The zero-order valence-electron chi connectivity index (χ0n) is 18.5. The number of benzene rings is 2. The van der Waals surface area contributed by atoms with Gasteiger partial charge in [-0.25, -0.2) is 0 Å². The molecule has 0 bridgehead atoms. The zero-order valence-corrected chi connectivity index (χ0v) is 18.5. The van der Waals surface area contributed by atoms with E-state index in [-0.39, 0.29) is 12.5 Å². The molecule has 0 aliphatic carbocycles. The number of nitrogens with zero attached hydrogens (tertiary/aromatic N) is 1. The highest BCUT2D eigenvalue weighted by molar-refractivity contribution is 5.98.